The summed E-state index contributed by atoms with van der Waals surface area (Å²) in [5.74, 6) is 0.678. The molecule has 0 bridgehead atoms. The Kier molecular flexibility index (Phi) is 9.30. The van der Waals surface area contributed by atoms with Crippen LogP contribution in [0.4, 0.5) is 21.7 Å². The van der Waals surface area contributed by atoms with E-state index >= 15 is 4.39 Å². The lowest BCUT2D eigenvalue weighted by Gasteiger charge is -2.43. The molecule has 0 spiro atoms. The molecule has 2 N–H and O–H groups in total. The number of alkyl halides is 1. The molecule has 2 atom stereocenters. The molecule has 1 aromatic heterocycles. The Balaban J connectivity index is 1.06. The first kappa shape index (κ1) is 31.6. The number of piperazine rings is 1. The summed E-state index contributed by atoms with van der Waals surface area (Å²) in [7, 11) is 0. The summed E-state index contributed by atoms with van der Waals surface area (Å²) < 4.78 is 26.3. The van der Waals surface area contributed by atoms with E-state index in [1.165, 1.54) is 16.9 Å². The molecule has 46 heavy (non-hydrogen) atoms. The smallest absolute Gasteiger partial charge is 0.230 e. The fourth-order valence-corrected chi connectivity index (χ4v) is 5.91. The molecule has 3 aliphatic rings. The zero-order valence-corrected chi connectivity index (χ0v) is 26.1. The number of halogens is 1. The number of aromatic nitrogens is 3. The number of ether oxygens (including phenoxy) is 2. The first-order valence-electron chi connectivity index (χ1n) is 15.6. The van der Waals surface area contributed by atoms with E-state index in [1.54, 1.807) is 32.0 Å². The normalized spacial score (nSPS) is 20.9. The van der Waals surface area contributed by atoms with E-state index in [2.05, 4.69) is 48.3 Å². The van der Waals surface area contributed by atoms with Crippen molar-refractivity contribution in [2.24, 2.45) is 0 Å². The van der Waals surface area contributed by atoms with E-state index < -0.39 is 17.9 Å². The third-order valence-electron chi connectivity index (χ3n) is 8.57. The van der Waals surface area contributed by atoms with Crippen LogP contribution < -0.4 is 15.0 Å². The van der Waals surface area contributed by atoms with Crippen LogP contribution in [-0.2, 0) is 9.53 Å². The molecule has 2 aromatic carbocycles. The highest BCUT2D eigenvalue weighted by molar-refractivity contribution is 5.77. The average molecular weight is 631 g/mol. The van der Waals surface area contributed by atoms with E-state index in [1.807, 2.05) is 12.1 Å². The number of aliphatic hydroxyl groups is 1. The van der Waals surface area contributed by atoms with Gasteiger partial charge in [0.1, 0.15) is 24.3 Å². The largest absolute Gasteiger partial charge is 0.486 e. The standard InChI is InChI=1S/C33H39FN8O4/c1-33(2,44)16-30(43)42-10-9-29(27(34)18-42)46-28-8-3-22(15-23(28)17-35)31-36-21-37-32(39-31)38-24-4-6-25(7-5-24)40-11-13-41(14-12-40)26-19-45-20-26/h3-8,15,21,26-27,29,44H,9-14,16,18-20H2,1-2H3,(H,36,37,38,39)/t27-,29-/m0/s1. The van der Waals surface area contributed by atoms with E-state index in [0.29, 0.717) is 29.9 Å². The molecule has 13 heteroatoms. The zero-order valence-electron chi connectivity index (χ0n) is 26.1. The maximum Gasteiger partial charge on any atom is 0.230 e. The third kappa shape index (κ3) is 7.52. The number of benzene rings is 2. The maximum atomic E-state index is 15.0. The van der Waals surface area contributed by atoms with E-state index in [-0.39, 0.29) is 36.6 Å². The van der Waals surface area contributed by atoms with Gasteiger partial charge in [0.15, 0.2) is 12.0 Å². The maximum absolute atomic E-state index is 15.0. The monoisotopic (exact) mass is 630 g/mol. The van der Waals surface area contributed by atoms with Crippen LogP contribution in [0.5, 0.6) is 5.75 Å². The van der Waals surface area contributed by atoms with Crippen LogP contribution >= 0.6 is 0 Å². The zero-order chi connectivity index (χ0) is 32.3. The number of carbonyl (C=O) groups is 1. The van der Waals surface area contributed by atoms with Gasteiger partial charge >= 0.3 is 0 Å². The number of hydrogen-bond acceptors (Lipinski definition) is 11. The molecule has 3 saturated heterocycles. The molecule has 1 amide bonds. The number of anilines is 3. The van der Waals surface area contributed by atoms with Crippen LogP contribution in [0.1, 0.15) is 32.3 Å². The molecule has 6 rings (SSSR count). The van der Waals surface area contributed by atoms with E-state index in [4.69, 9.17) is 9.47 Å². The summed E-state index contributed by atoms with van der Waals surface area (Å²) in [6.07, 6.45) is -0.656. The first-order valence-corrected chi connectivity index (χ1v) is 15.6. The van der Waals surface area contributed by atoms with Gasteiger partial charge in [-0.15, -0.1) is 0 Å². The van der Waals surface area contributed by atoms with Gasteiger partial charge in [-0.05, 0) is 56.3 Å². The molecular formula is C33H39FN8O4. The Morgan fingerprint density at radius 1 is 1.13 bits per heavy atom. The van der Waals surface area contributed by atoms with Gasteiger partial charge in [-0.3, -0.25) is 9.69 Å². The molecule has 242 valence electrons. The van der Waals surface area contributed by atoms with Crippen LogP contribution in [0.25, 0.3) is 11.4 Å². The van der Waals surface area contributed by atoms with Crippen molar-refractivity contribution in [1.82, 2.24) is 24.8 Å². The van der Waals surface area contributed by atoms with E-state index in [0.717, 1.165) is 45.1 Å². The lowest BCUT2D eigenvalue weighted by molar-refractivity contribution is -0.139. The summed E-state index contributed by atoms with van der Waals surface area (Å²) in [6.45, 7) is 8.98. The molecule has 3 aromatic rings. The SMILES string of the molecule is CC(C)(O)CC(=O)N1CC[C@H](Oc2ccc(-c3ncnc(Nc4ccc(N5CCN(C6COC6)CC5)cc4)n3)cc2C#N)[C@@H](F)C1. The molecule has 12 nitrogen and oxygen atoms in total. The number of nitrogens with one attached hydrogen (secondary N) is 1. The van der Waals surface area contributed by atoms with Gasteiger partial charge in [-0.25, -0.2) is 14.4 Å². The quantitative estimate of drug-likeness (QED) is 0.360. The van der Waals surface area contributed by atoms with Crippen molar-refractivity contribution in [1.29, 1.82) is 5.26 Å². The highest BCUT2D eigenvalue weighted by atomic mass is 19.1. The second kappa shape index (κ2) is 13.5. The van der Waals surface area contributed by atoms with Gasteiger partial charge in [0.2, 0.25) is 11.9 Å². The van der Waals surface area contributed by atoms with Crippen molar-refractivity contribution in [2.75, 3.05) is 62.7 Å². The van der Waals surface area contributed by atoms with Crippen molar-refractivity contribution in [3.05, 3.63) is 54.4 Å². The summed E-state index contributed by atoms with van der Waals surface area (Å²) in [4.78, 5) is 31.8. The molecule has 4 heterocycles. The van der Waals surface area contributed by atoms with Crippen molar-refractivity contribution < 1.29 is 23.8 Å². The number of hydrogen-bond donors (Lipinski definition) is 2. The number of carbonyl (C=O) groups excluding carboxylic acids is 1. The minimum atomic E-state index is -1.44. The predicted molar refractivity (Wildman–Crippen MR) is 170 cm³/mol. The Hall–Kier alpha value is -4.38. The first-order chi connectivity index (χ1) is 22.1. The molecule has 3 aliphatic heterocycles. The van der Waals surface area contributed by atoms with Crippen LogP contribution in [0.2, 0.25) is 0 Å². The number of amides is 1. The summed E-state index contributed by atoms with van der Waals surface area (Å²) >= 11 is 0. The van der Waals surface area contributed by atoms with Gasteiger partial charge < -0.3 is 29.7 Å². The Labute approximate surface area is 267 Å². The van der Waals surface area contributed by atoms with Gasteiger partial charge in [0.05, 0.1) is 43.4 Å². The fraction of sp³-hybridized carbons (Fsp3) is 0.485. The summed E-state index contributed by atoms with van der Waals surface area (Å²) in [5, 5.41) is 23.0. The topological polar surface area (TPSA) is 140 Å². The molecule has 0 saturated carbocycles. The summed E-state index contributed by atoms with van der Waals surface area (Å²) in [5.41, 5.74) is 1.64. The number of nitriles is 1. The Morgan fingerprint density at radius 2 is 1.89 bits per heavy atom. The lowest BCUT2D eigenvalue weighted by Crippen LogP contribution is -2.56. The van der Waals surface area contributed by atoms with Crippen LogP contribution in [0, 0.1) is 11.3 Å². The van der Waals surface area contributed by atoms with Crippen molar-refractivity contribution in [3.8, 4) is 23.2 Å². The number of rotatable bonds is 9. The van der Waals surface area contributed by atoms with Crippen molar-refractivity contribution in [3.63, 3.8) is 0 Å². The fourth-order valence-electron chi connectivity index (χ4n) is 5.91. The molecule has 0 radical (unpaired) electrons. The average Bonchev–Trinajstić information content (AvgIpc) is 3.01. The number of likely N-dealkylation sites (tertiary alicyclic amines) is 1. The second-order valence-corrected chi connectivity index (χ2v) is 12.6. The second-order valence-electron chi connectivity index (χ2n) is 12.6. The van der Waals surface area contributed by atoms with E-state index in [9.17, 15) is 15.2 Å². The van der Waals surface area contributed by atoms with Gasteiger partial charge in [0.25, 0.3) is 0 Å². The van der Waals surface area contributed by atoms with Crippen LogP contribution in [0.3, 0.4) is 0 Å². The van der Waals surface area contributed by atoms with Gasteiger partial charge in [-0.1, -0.05) is 0 Å². The summed E-state index contributed by atoms with van der Waals surface area (Å²) in [6, 6.07) is 15.8. The molecule has 0 aliphatic carbocycles. The predicted octanol–water partition coefficient (Wildman–Crippen LogP) is 3.15. The minimum Gasteiger partial charge on any atom is -0.486 e. The molecule has 0 unspecified atom stereocenters. The Bertz CT molecular complexity index is 1570. The highest BCUT2D eigenvalue weighted by Gasteiger charge is 2.35. The van der Waals surface area contributed by atoms with Gasteiger partial charge in [-0.2, -0.15) is 10.2 Å². The van der Waals surface area contributed by atoms with Gasteiger partial charge in [0, 0.05) is 56.1 Å². The molecule has 3 fully saturated rings. The Morgan fingerprint density at radius 3 is 2.54 bits per heavy atom. The number of piperidine rings is 1. The van der Waals surface area contributed by atoms with Crippen molar-refractivity contribution >= 4 is 23.2 Å². The minimum absolute atomic E-state index is 0.0824. The third-order valence-corrected chi connectivity index (χ3v) is 8.57. The van der Waals surface area contributed by atoms with Crippen LogP contribution in [0.15, 0.2) is 48.8 Å². The van der Waals surface area contributed by atoms with Crippen molar-refractivity contribution in [2.45, 2.75) is 50.6 Å². The van der Waals surface area contributed by atoms with Crippen LogP contribution in [-0.4, -0.2) is 112 Å². The highest BCUT2D eigenvalue weighted by Crippen LogP contribution is 2.29. The number of nitrogens with zero attached hydrogens (tertiary/aromatic N) is 7. The lowest BCUT2D eigenvalue weighted by atomic mass is 10.0. The molecular weight excluding hydrogens is 591 g/mol.